The van der Waals surface area contributed by atoms with Crippen LogP contribution in [0.2, 0.25) is 0 Å². The molecule has 3 aliphatic carbocycles. The normalized spacial score (nSPS) is 33.7. The van der Waals surface area contributed by atoms with E-state index in [1.54, 1.807) is 74.5 Å². The smallest absolute Gasteiger partial charge is 0.338 e. The van der Waals surface area contributed by atoms with Crippen molar-refractivity contribution in [2.75, 3.05) is 6.61 Å². The minimum atomic E-state index is -2.32. The average Bonchev–Trinajstić information content (AvgIpc) is 3.15. The Morgan fingerprint density at radius 1 is 0.877 bits per heavy atom. The fourth-order valence-corrected chi connectivity index (χ4v) is 9.60. The summed E-state index contributed by atoms with van der Waals surface area (Å²) in [5, 5.41) is 39.5. The zero-order chi connectivity index (χ0) is 41.8. The van der Waals surface area contributed by atoms with Gasteiger partial charge >= 0.3 is 23.9 Å². The molecule has 1 saturated heterocycles. The van der Waals surface area contributed by atoms with Crippen molar-refractivity contribution >= 4 is 35.6 Å². The minimum Gasteiger partial charge on any atom is -0.459 e. The molecule has 15 nitrogen and oxygen atoms in total. The standard InChI is InChI=1S/C42H49NO14/c1-21-27(56-38(51)32(48)31(25-14-10-8-11-15-25)43-37(50)26-16-12-9-13-17-26)19-42(52)36(55-23(3)45)34-40(7,28(47)18-29-41(34,20-53-29)57-24(4)46)35(49)33(54-22(2)44)30(21)39(42,5)6/h8-17,27-29,31-34,36,47-48,52H,18-20H2,1-7H3,(H,43,50)/t27-,28-,29+,31-,32+,33+,34-,36-,40+,41-,42+/m0/s1. The van der Waals surface area contributed by atoms with E-state index in [0.717, 1.165) is 20.8 Å². The van der Waals surface area contributed by atoms with Gasteiger partial charge in [0, 0.05) is 44.6 Å². The summed E-state index contributed by atoms with van der Waals surface area (Å²) in [5.74, 6) is -6.68. The lowest BCUT2D eigenvalue weighted by atomic mass is 9.44. The molecular formula is C42H49NO14. The summed E-state index contributed by atoms with van der Waals surface area (Å²) in [7, 11) is 0. The van der Waals surface area contributed by atoms with Crippen LogP contribution in [0.25, 0.3) is 0 Å². The van der Waals surface area contributed by atoms with Crippen LogP contribution in [0.3, 0.4) is 0 Å². The fraction of sp³-hybridized carbons (Fsp3) is 0.524. The Balaban J connectivity index is 1.50. The van der Waals surface area contributed by atoms with E-state index in [1.807, 2.05) is 0 Å². The number of ketones is 1. The van der Waals surface area contributed by atoms with Crippen LogP contribution < -0.4 is 5.32 Å². The van der Waals surface area contributed by atoms with Gasteiger partial charge in [0.1, 0.15) is 23.9 Å². The van der Waals surface area contributed by atoms with Gasteiger partial charge in [-0.15, -0.1) is 0 Å². The van der Waals surface area contributed by atoms with Crippen LogP contribution >= 0.6 is 0 Å². The van der Waals surface area contributed by atoms with Crippen LogP contribution in [0, 0.1) is 16.7 Å². The summed E-state index contributed by atoms with van der Waals surface area (Å²) >= 11 is 0. The summed E-state index contributed by atoms with van der Waals surface area (Å²) in [5.41, 5.74) is -6.82. The first-order chi connectivity index (χ1) is 26.7. The maximum atomic E-state index is 15.2. The molecule has 1 aliphatic heterocycles. The number of ether oxygens (including phenoxy) is 5. The summed E-state index contributed by atoms with van der Waals surface area (Å²) in [4.78, 5) is 81.3. The van der Waals surface area contributed by atoms with Crippen LogP contribution in [0.5, 0.6) is 0 Å². The van der Waals surface area contributed by atoms with Crippen molar-refractivity contribution in [1.29, 1.82) is 0 Å². The molecule has 0 radical (unpaired) electrons. The Kier molecular flexibility index (Phi) is 11.0. The van der Waals surface area contributed by atoms with Gasteiger partial charge in [0.15, 0.2) is 23.6 Å². The van der Waals surface area contributed by atoms with Crippen molar-refractivity contribution in [3.05, 3.63) is 82.9 Å². The van der Waals surface area contributed by atoms with Crippen LogP contribution in [-0.4, -0.2) is 105 Å². The Morgan fingerprint density at radius 3 is 2.02 bits per heavy atom. The second-order valence-corrected chi connectivity index (χ2v) is 16.2. The molecular weight excluding hydrogens is 742 g/mol. The molecule has 6 rings (SSSR count). The monoisotopic (exact) mass is 791 g/mol. The van der Waals surface area contributed by atoms with Gasteiger partial charge in [0.25, 0.3) is 5.91 Å². The lowest BCUT2D eigenvalue weighted by Gasteiger charge is -2.67. The predicted octanol–water partition coefficient (Wildman–Crippen LogP) is 2.44. The topological polar surface area (TPSA) is 221 Å². The predicted molar refractivity (Wildman–Crippen MR) is 198 cm³/mol. The second-order valence-electron chi connectivity index (χ2n) is 16.2. The number of carbonyl (C=O) groups excluding carboxylic acids is 6. The summed E-state index contributed by atoms with van der Waals surface area (Å²) in [6, 6.07) is 15.1. The molecule has 2 saturated carbocycles. The molecule has 0 unspecified atom stereocenters. The van der Waals surface area contributed by atoms with Crippen molar-refractivity contribution in [2.24, 2.45) is 16.7 Å². The summed E-state index contributed by atoms with van der Waals surface area (Å²) in [6.07, 6.45) is -10.2. The van der Waals surface area contributed by atoms with Crippen molar-refractivity contribution in [3.8, 4) is 0 Å². The SMILES string of the molecule is CC(=O)O[C@H]1C(=O)[C@@]2(C)[C@H]([C@H](OC(C)=O)[C@]3(O)C[C@H](OC(=O)[C@H](O)[C@@H](NC(=O)c4ccccc4)c4ccccc4)C(C)=C1C3(C)C)[C@]1(OC(C)=O)CO[C@@H]1C[C@@H]2O. The van der Waals surface area contributed by atoms with E-state index >= 15 is 4.79 Å². The van der Waals surface area contributed by atoms with Gasteiger partial charge in [-0.2, -0.15) is 0 Å². The number of nitrogens with one attached hydrogen (secondary N) is 1. The van der Waals surface area contributed by atoms with Gasteiger partial charge in [0.2, 0.25) is 0 Å². The highest BCUT2D eigenvalue weighted by molar-refractivity contribution is 5.96. The second kappa shape index (κ2) is 15.1. The Labute approximate surface area is 329 Å². The molecule has 4 aliphatic rings. The molecule has 2 aromatic carbocycles. The minimum absolute atomic E-state index is 0.0123. The quantitative estimate of drug-likeness (QED) is 0.163. The Morgan fingerprint density at radius 2 is 1.47 bits per heavy atom. The number of aliphatic hydroxyl groups is 3. The Bertz CT molecular complexity index is 1980. The fourth-order valence-electron chi connectivity index (χ4n) is 9.60. The van der Waals surface area contributed by atoms with Crippen LogP contribution in [-0.2, 0) is 47.7 Å². The number of amides is 1. The molecule has 0 spiro atoms. The zero-order valence-corrected chi connectivity index (χ0v) is 32.8. The number of benzene rings is 2. The van der Waals surface area contributed by atoms with E-state index in [-0.39, 0.29) is 29.7 Å². The maximum absolute atomic E-state index is 15.2. The molecule has 2 bridgehead atoms. The third kappa shape index (κ3) is 6.83. The summed E-state index contributed by atoms with van der Waals surface area (Å²) in [6.45, 7) is 9.06. The molecule has 0 aromatic heterocycles. The number of carbonyl (C=O) groups is 6. The molecule has 1 heterocycles. The van der Waals surface area contributed by atoms with E-state index in [0.29, 0.717) is 5.56 Å². The van der Waals surface area contributed by atoms with Crippen LogP contribution in [0.1, 0.15) is 83.3 Å². The van der Waals surface area contributed by atoms with Crippen LogP contribution in [0.15, 0.2) is 71.8 Å². The van der Waals surface area contributed by atoms with Gasteiger partial charge < -0.3 is 44.3 Å². The number of rotatable bonds is 9. The first-order valence-corrected chi connectivity index (χ1v) is 18.8. The molecule has 4 N–H and O–H groups in total. The van der Waals surface area contributed by atoms with E-state index in [1.165, 1.54) is 13.8 Å². The number of Topliss-reactive ketones (excluding diaryl/α,β-unsaturated/α-hetero) is 1. The number of hydrogen-bond donors (Lipinski definition) is 4. The zero-order valence-electron chi connectivity index (χ0n) is 32.8. The van der Waals surface area contributed by atoms with E-state index in [2.05, 4.69) is 5.32 Å². The highest BCUT2D eigenvalue weighted by Crippen LogP contribution is 2.64. The lowest BCUT2D eigenvalue weighted by Crippen LogP contribution is -2.82. The molecule has 2 aromatic rings. The number of esters is 4. The third-order valence-electron chi connectivity index (χ3n) is 12.5. The first-order valence-electron chi connectivity index (χ1n) is 18.8. The third-order valence-corrected chi connectivity index (χ3v) is 12.5. The number of hydrogen-bond acceptors (Lipinski definition) is 14. The lowest BCUT2D eigenvalue weighted by molar-refractivity contribution is -0.347. The molecule has 11 atom stereocenters. The van der Waals surface area contributed by atoms with Gasteiger partial charge in [0.05, 0.1) is 30.1 Å². The van der Waals surface area contributed by atoms with Gasteiger partial charge in [-0.05, 0) is 42.7 Å². The maximum Gasteiger partial charge on any atom is 0.338 e. The molecule has 15 heteroatoms. The molecule has 306 valence electrons. The molecule has 1 amide bonds. The van der Waals surface area contributed by atoms with Gasteiger partial charge in [-0.1, -0.05) is 62.4 Å². The number of fused-ring (bicyclic) bond motifs is 5. The number of aliphatic hydroxyl groups excluding tert-OH is 2. The highest BCUT2D eigenvalue weighted by atomic mass is 16.6. The Hall–Kier alpha value is -4.96. The first kappa shape index (κ1) is 41.7. The van der Waals surface area contributed by atoms with Gasteiger partial charge in [-0.25, -0.2) is 4.79 Å². The molecule has 57 heavy (non-hydrogen) atoms. The summed E-state index contributed by atoms with van der Waals surface area (Å²) < 4.78 is 29.5. The van der Waals surface area contributed by atoms with Crippen LogP contribution in [0.4, 0.5) is 0 Å². The van der Waals surface area contributed by atoms with E-state index in [4.69, 9.17) is 23.7 Å². The highest BCUT2D eigenvalue weighted by Gasteiger charge is 2.78. The van der Waals surface area contributed by atoms with Gasteiger partial charge in [-0.3, -0.25) is 24.0 Å². The molecule has 3 fully saturated rings. The van der Waals surface area contributed by atoms with E-state index < -0.39 is 113 Å². The van der Waals surface area contributed by atoms with Crippen molar-refractivity contribution in [2.45, 2.75) is 115 Å². The largest absolute Gasteiger partial charge is 0.459 e. The van der Waals surface area contributed by atoms with Crippen molar-refractivity contribution in [3.63, 3.8) is 0 Å². The van der Waals surface area contributed by atoms with E-state index in [9.17, 15) is 39.3 Å². The van der Waals surface area contributed by atoms with Crippen molar-refractivity contribution < 1.29 is 67.8 Å². The van der Waals surface area contributed by atoms with Crippen molar-refractivity contribution in [1.82, 2.24) is 5.32 Å². The average molecular weight is 792 g/mol.